The molecule has 1 atom stereocenters. The Morgan fingerprint density at radius 1 is 1.06 bits per heavy atom. The fourth-order valence-corrected chi connectivity index (χ4v) is 4.60. The van der Waals surface area contributed by atoms with Gasteiger partial charge in [0.15, 0.2) is 0 Å². The molecule has 0 radical (unpaired) electrons. The normalized spacial score (nSPS) is 19.3. The Balaban J connectivity index is 1.56. The Hall–Kier alpha value is -3.33. The zero-order valence-corrected chi connectivity index (χ0v) is 19.8. The summed E-state index contributed by atoms with van der Waals surface area (Å²) >= 11 is 0. The van der Waals surface area contributed by atoms with Crippen LogP contribution in [0.15, 0.2) is 48.5 Å². The number of nitrogens with one attached hydrogen (secondary N) is 1. The van der Waals surface area contributed by atoms with Crippen LogP contribution in [0.1, 0.15) is 47.4 Å². The van der Waals surface area contributed by atoms with Crippen LogP contribution in [0.3, 0.4) is 0 Å². The quantitative estimate of drug-likeness (QED) is 0.706. The maximum absolute atomic E-state index is 14.2. The van der Waals surface area contributed by atoms with Crippen LogP contribution in [-0.4, -0.2) is 65.5 Å². The van der Waals surface area contributed by atoms with E-state index in [1.54, 1.807) is 30.3 Å². The van der Waals surface area contributed by atoms with E-state index >= 15 is 0 Å². The van der Waals surface area contributed by atoms with Gasteiger partial charge >= 0.3 is 0 Å². The maximum atomic E-state index is 14.2. The third-order valence-corrected chi connectivity index (χ3v) is 6.48. The van der Waals surface area contributed by atoms with Gasteiger partial charge in [-0.1, -0.05) is 32.0 Å². The molecule has 0 bridgehead atoms. The number of amides is 3. The van der Waals surface area contributed by atoms with E-state index in [-0.39, 0.29) is 55.8 Å². The van der Waals surface area contributed by atoms with E-state index in [1.165, 1.54) is 9.80 Å². The van der Waals surface area contributed by atoms with Crippen molar-refractivity contribution in [2.45, 2.75) is 38.5 Å². The van der Waals surface area contributed by atoms with Gasteiger partial charge in [0.25, 0.3) is 11.8 Å². The highest BCUT2D eigenvalue weighted by atomic mass is 19.1. The molecule has 4 rings (SSSR count). The highest BCUT2D eigenvalue weighted by Gasteiger charge is 2.54. The predicted octanol–water partition coefficient (Wildman–Crippen LogP) is 3.21. The number of benzene rings is 2. The molecule has 0 saturated carbocycles. The average Bonchev–Trinajstić information content (AvgIpc) is 3.21. The molecule has 0 aromatic heterocycles. The van der Waals surface area contributed by atoms with Crippen molar-refractivity contribution in [3.8, 4) is 0 Å². The van der Waals surface area contributed by atoms with Crippen molar-refractivity contribution in [2.24, 2.45) is 5.92 Å². The molecular weight excluding hydrogens is 456 g/mol. The Morgan fingerprint density at radius 3 is 2.37 bits per heavy atom. The molecule has 9 heteroatoms. The first-order chi connectivity index (χ1) is 16.7. The lowest BCUT2D eigenvalue weighted by molar-refractivity contribution is -0.128. The number of rotatable bonds is 5. The highest BCUT2D eigenvalue weighted by molar-refractivity contribution is 5.98. The Morgan fingerprint density at radius 2 is 1.74 bits per heavy atom. The second kappa shape index (κ2) is 10.1. The molecule has 2 aliphatic rings. The summed E-state index contributed by atoms with van der Waals surface area (Å²) in [7, 11) is 0. The van der Waals surface area contributed by atoms with E-state index in [2.05, 4.69) is 5.32 Å². The largest absolute Gasteiger partial charge is 0.354 e. The molecule has 2 aromatic carbocycles. The molecule has 3 amide bonds. The summed E-state index contributed by atoms with van der Waals surface area (Å²) in [6, 6.07) is 10.7. The van der Waals surface area contributed by atoms with Crippen molar-refractivity contribution in [1.82, 2.24) is 15.1 Å². The minimum Gasteiger partial charge on any atom is -0.354 e. The fourth-order valence-electron chi connectivity index (χ4n) is 4.60. The first-order valence-electron chi connectivity index (χ1n) is 11.8. The summed E-state index contributed by atoms with van der Waals surface area (Å²) in [5.41, 5.74) is -0.839. The topological polar surface area (TPSA) is 79.0 Å². The predicted molar refractivity (Wildman–Crippen MR) is 124 cm³/mol. The van der Waals surface area contributed by atoms with Crippen molar-refractivity contribution in [3.63, 3.8) is 0 Å². The van der Waals surface area contributed by atoms with Gasteiger partial charge in [0, 0.05) is 44.1 Å². The molecule has 2 saturated heterocycles. The van der Waals surface area contributed by atoms with Crippen molar-refractivity contribution in [2.75, 3.05) is 26.2 Å². The number of carbonyl (C=O) groups is 3. The summed E-state index contributed by atoms with van der Waals surface area (Å²) in [6.45, 7) is 4.86. The molecule has 0 unspecified atom stereocenters. The van der Waals surface area contributed by atoms with Crippen LogP contribution in [0.5, 0.6) is 0 Å². The molecule has 7 nitrogen and oxygen atoms in total. The van der Waals surface area contributed by atoms with Gasteiger partial charge in [-0.3, -0.25) is 19.3 Å². The van der Waals surface area contributed by atoms with Crippen LogP contribution in [0.25, 0.3) is 0 Å². The minimum atomic E-state index is -1.06. The summed E-state index contributed by atoms with van der Waals surface area (Å²) in [6.07, 6.45) is 0.516. The Bertz CT molecular complexity index is 1100. The number of halogens is 2. The SMILES string of the molecule is CC(C)CNC(=O)[C@H]1COC2(CCN(C(=O)c3ccc(F)cc3F)CC2)N1C(=O)c1ccccc1. The third-order valence-electron chi connectivity index (χ3n) is 6.48. The summed E-state index contributed by atoms with van der Waals surface area (Å²) < 4.78 is 33.6. The van der Waals surface area contributed by atoms with E-state index in [0.29, 0.717) is 18.2 Å². The summed E-state index contributed by atoms with van der Waals surface area (Å²) in [5, 5.41) is 2.89. The molecule has 2 aliphatic heterocycles. The van der Waals surface area contributed by atoms with E-state index in [9.17, 15) is 23.2 Å². The second-order valence-electron chi connectivity index (χ2n) is 9.37. The molecule has 186 valence electrons. The first-order valence-corrected chi connectivity index (χ1v) is 11.8. The molecule has 1 spiro atoms. The molecule has 2 aromatic rings. The highest BCUT2D eigenvalue weighted by Crippen LogP contribution is 2.39. The van der Waals surface area contributed by atoms with E-state index in [4.69, 9.17) is 4.74 Å². The van der Waals surface area contributed by atoms with Crippen LogP contribution >= 0.6 is 0 Å². The van der Waals surface area contributed by atoms with Crippen molar-refractivity contribution in [1.29, 1.82) is 0 Å². The molecule has 35 heavy (non-hydrogen) atoms. The van der Waals surface area contributed by atoms with Gasteiger partial charge in [0.2, 0.25) is 5.91 Å². The molecule has 1 N–H and O–H groups in total. The number of piperidine rings is 1. The van der Waals surface area contributed by atoms with Crippen LogP contribution in [0.2, 0.25) is 0 Å². The van der Waals surface area contributed by atoms with Gasteiger partial charge in [-0.25, -0.2) is 8.78 Å². The monoisotopic (exact) mass is 485 g/mol. The van der Waals surface area contributed by atoms with Gasteiger partial charge in [0.1, 0.15) is 23.4 Å². The average molecular weight is 486 g/mol. The Kier molecular flexibility index (Phi) is 7.16. The molecular formula is C26H29F2N3O4. The lowest BCUT2D eigenvalue weighted by atomic mass is 9.96. The van der Waals surface area contributed by atoms with Gasteiger partial charge in [-0.15, -0.1) is 0 Å². The number of hydrogen-bond acceptors (Lipinski definition) is 4. The summed E-state index contributed by atoms with van der Waals surface area (Å²) in [5.74, 6) is -2.59. The van der Waals surface area contributed by atoms with E-state index in [1.807, 2.05) is 13.8 Å². The lowest BCUT2D eigenvalue weighted by Crippen LogP contribution is -2.60. The number of ether oxygens (including phenoxy) is 1. The summed E-state index contributed by atoms with van der Waals surface area (Å²) in [4.78, 5) is 42.5. The van der Waals surface area contributed by atoms with Gasteiger partial charge in [0.05, 0.1) is 12.2 Å². The Labute approximate surface area is 203 Å². The molecule has 2 fully saturated rings. The standard InChI is InChI=1S/C26H29F2N3O4/c1-17(2)15-29-23(32)22-16-35-26(31(22)24(33)18-6-4-3-5-7-18)10-12-30(13-11-26)25(34)20-9-8-19(27)14-21(20)28/h3-9,14,17,22H,10-13,15-16H2,1-2H3,(H,29,32)/t22-/m1/s1. The lowest BCUT2D eigenvalue weighted by Gasteiger charge is -2.44. The van der Waals surface area contributed by atoms with Crippen molar-refractivity contribution in [3.05, 3.63) is 71.3 Å². The van der Waals surface area contributed by atoms with Crippen LogP contribution in [0.4, 0.5) is 8.78 Å². The van der Waals surface area contributed by atoms with Gasteiger partial charge in [-0.2, -0.15) is 0 Å². The number of hydrogen-bond donors (Lipinski definition) is 1. The van der Waals surface area contributed by atoms with Crippen LogP contribution < -0.4 is 5.32 Å². The molecule has 0 aliphatic carbocycles. The smallest absolute Gasteiger partial charge is 0.256 e. The number of nitrogens with zero attached hydrogens (tertiary/aromatic N) is 2. The van der Waals surface area contributed by atoms with Crippen molar-refractivity contribution >= 4 is 17.7 Å². The first kappa shape index (κ1) is 24.8. The number of likely N-dealkylation sites (tertiary alicyclic amines) is 1. The maximum Gasteiger partial charge on any atom is 0.256 e. The van der Waals surface area contributed by atoms with E-state index < -0.39 is 29.3 Å². The van der Waals surface area contributed by atoms with Gasteiger partial charge in [-0.05, 0) is 30.2 Å². The third kappa shape index (κ3) is 5.05. The van der Waals surface area contributed by atoms with E-state index in [0.717, 1.165) is 12.1 Å². The zero-order valence-electron chi connectivity index (χ0n) is 19.8. The fraction of sp³-hybridized carbons (Fsp3) is 0.423. The van der Waals surface area contributed by atoms with Gasteiger partial charge < -0.3 is 15.0 Å². The second-order valence-corrected chi connectivity index (χ2v) is 9.37. The van der Waals surface area contributed by atoms with Crippen molar-refractivity contribution < 1.29 is 27.9 Å². The zero-order chi connectivity index (χ0) is 25.2. The molecule has 2 heterocycles. The number of carbonyl (C=O) groups excluding carboxylic acids is 3. The van der Waals surface area contributed by atoms with Crippen LogP contribution in [0, 0.1) is 17.6 Å². The van der Waals surface area contributed by atoms with Crippen LogP contribution in [-0.2, 0) is 9.53 Å². The minimum absolute atomic E-state index is 0.0447.